The summed E-state index contributed by atoms with van der Waals surface area (Å²) in [5.74, 6) is -1.01. The summed E-state index contributed by atoms with van der Waals surface area (Å²) in [4.78, 5) is 14.7. The maximum atomic E-state index is 10.1. The summed E-state index contributed by atoms with van der Waals surface area (Å²) in [7, 11) is 0. The van der Waals surface area contributed by atoms with Crippen molar-refractivity contribution in [3.05, 3.63) is 11.6 Å². The molecule has 1 N–H and O–H groups in total. The summed E-state index contributed by atoms with van der Waals surface area (Å²) in [6, 6.07) is 0. The largest absolute Gasteiger partial charge is 0.479 e. The van der Waals surface area contributed by atoms with Crippen molar-refractivity contribution in [1.82, 2.24) is 0 Å². The molecule has 0 atom stereocenters. The van der Waals surface area contributed by atoms with Crippen LogP contribution in [0.25, 0.3) is 0 Å². The predicted octanol–water partition coefficient (Wildman–Crippen LogP) is 2.21. The van der Waals surface area contributed by atoms with Gasteiger partial charge in [-0.3, -0.25) is 0 Å². The quantitative estimate of drug-likeness (QED) is 0.405. The monoisotopic (exact) mass is 199 g/mol. The van der Waals surface area contributed by atoms with E-state index in [1.54, 1.807) is 0 Å². The minimum Gasteiger partial charge on any atom is -0.479 e. The SMILES string of the molecule is CC(C)=CCC/C(C)=N\OCC(=O)O. The summed E-state index contributed by atoms with van der Waals surface area (Å²) in [5.41, 5.74) is 2.08. The van der Waals surface area contributed by atoms with E-state index in [2.05, 4.69) is 16.1 Å². The normalized spacial score (nSPS) is 10.9. The zero-order valence-corrected chi connectivity index (χ0v) is 8.91. The molecule has 0 bridgehead atoms. The van der Waals surface area contributed by atoms with Crippen molar-refractivity contribution in [2.45, 2.75) is 33.6 Å². The van der Waals surface area contributed by atoms with Gasteiger partial charge in [-0.15, -0.1) is 0 Å². The third-order valence-electron chi connectivity index (χ3n) is 1.47. The predicted molar refractivity (Wildman–Crippen MR) is 55.4 cm³/mol. The molecule has 0 aromatic carbocycles. The lowest BCUT2D eigenvalue weighted by atomic mass is 10.2. The van der Waals surface area contributed by atoms with Gasteiger partial charge in [0, 0.05) is 0 Å². The third kappa shape index (κ3) is 8.77. The Hall–Kier alpha value is -1.32. The second-order valence-corrected chi connectivity index (χ2v) is 3.31. The number of hydrogen-bond donors (Lipinski definition) is 1. The van der Waals surface area contributed by atoms with E-state index in [1.165, 1.54) is 5.57 Å². The molecule has 4 nitrogen and oxygen atoms in total. The minimum atomic E-state index is -1.01. The Morgan fingerprint density at radius 2 is 2.07 bits per heavy atom. The molecular weight excluding hydrogens is 182 g/mol. The standard InChI is InChI=1S/C10H17NO3/c1-8(2)5-4-6-9(3)11-14-7-10(12)13/h5H,4,6-7H2,1-3H3,(H,12,13)/b11-9-. The van der Waals surface area contributed by atoms with Gasteiger partial charge in [0.1, 0.15) is 0 Å². The number of allylic oxidation sites excluding steroid dienone is 2. The second-order valence-electron chi connectivity index (χ2n) is 3.31. The molecule has 0 aliphatic heterocycles. The van der Waals surface area contributed by atoms with Crippen LogP contribution in [-0.2, 0) is 9.63 Å². The van der Waals surface area contributed by atoms with Crippen molar-refractivity contribution >= 4 is 11.7 Å². The minimum absolute atomic E-state index is 0.375. The molecule has 0 fully saturated rings. The van der Waals surface area contributed by atoms with Crippen molar-refractivity contribution in [2.24, 2.45) is 5.16 Å². The molecule has 0 rings (SSSR count). The highest BCUT2D eigenvalue weighted by molar-refractivity contribution is 5.81. The molecule has 0 amide bonds. The fraction of sp³-hybridized carbons (Fsp3) is 0.600. The Morgan fingerprint density at radius 3 is 2.57 bits per heavy atom. The first-order valence-electron chi connectivity index (χ1n) is 4.53. The van der Waals surface area contributed by atoms with Gasteiger partial charge in [-0.1, -0.05) is 16.8 Å². The lowest BCUT2D eigenvalue weighted by Crippen LogP contribution is -2.04. The molecule has 0 saturated carbocycles. The van der Waals surface area contributed by atoms with Crippen molar-refractivity contribution in [2.75, 3.05) is 6.61 Å². The average Bonchev–Trinajstić information content (AvgIpc) is 2.02. The van der Waals surface area contributed by atoms with Crippen LogP contribution in [0.5, 0.6) is 0 Å². The molecule has 14 heavy (non-hydrogen) atoms. The molecule has 4 heteroatoms. The van der Waals surface area contributed by atoms with Crippen LogP contribution in [-0.4, -0.2) is 23.4 Å². The van der Waals surface area contributed by atoms with Crippen LogP contribution in [0, 0.1) is 0 Å². The summed E-state index contributed by atoms with van der Waals surface area (Å²) in [6.45, 7) is 5.52. The Labute approximate surface area is 84.3 Å². The van der Waals surface area contributed by atoms with Crippen LogP contribution in [0.1, 0.15) is 33.6 Å². The fourth-order valence-electron chi connectivity index (χ4n) is 0.813. The summed E-state index contributed by atoms with van der Waals surface area (Å²) >= 11 is 0. The molecule has 0 unspecified atom stereocenters. The first-order valence-corrected chi connectivity index (χ1v) is 4.53. The van der Waals surface area contributed by atoms with Gasteiger partial charge in [-0.05, 0) is 33.6 Å². The Kier molecular flexibility index (Phi) is 6.45. The molecule has 0 aliphatic rings. The van der Waals surface area contributed by atoms with Gasteiger partial charge in [0.25, 0.3) is 0 Å². The highest BCUT2D eigenvalue weighted by Crippen LogP contribution is 1.99. The molecule has 80 valence electrons. The number of rotatable bonds is 6. The van der Waals surface area contributed by atoms with Crippen LogP contribution in [0.15, 0.2) is 16.8 Å². The molecule has 0 spiro atoms. The van der Waals surface area contributed by atoms with E-state index >= 15 is 0 Å². The molecule has 0 aliphatic carbocycles. The smallest absolute Gasteiger partial charge is 0.344 e. The van der Waals surface area contributed by atoms with Crippen LogP contribution in [0.3, 0.4) is 0 Å². The van der Waals surface area contributed by atoms with Crippen molar-refractivity contribution < 1.29 is 14.7 Å². The van der Waals surface area contributed by atoms with E-state index in [-0.39, 0.29) is 6.61 Å². The van der Waals surface area contributed by atoms with Gasteiger partial charge in [0.05, 0.1) is 5.71 Å². The number of carboxylic acid groups (broad SMARTS) is 1. The Balaban J connectivity index is 3.67. The zero-order valence-electron chi connectivity index (χ0n) is 8.91. The zero-order chi connectivity index (χ0) is 11.0. The van der Waals surface area contributed by atoms with Gasteiger partial charge in [0.15, 0.2) is 0 Å². The van der Waals surface area contributed by atoms with Crippen molar-refractivity contribution in [3.63, 3.8) is 0 Å². The van der Waals surface area contributed by atoms with Gasteiger partial charge in [-0.2, -0.15) is 0 Å². The van der Waals surface area contributed by atoms with Gasteiger partial charge in [0.2, 0.25) is 6.61 Å². The lowest BCUT2D eigenvalue weighted by molar-refractivity contribution is -0.142. The van der Waals surface area contributed by atoms with Crippen LogP contribution >= 0.6 is 0 Å². The molecular formula is C10H17NO3. The highest BCUT2D eigenvalue weighted by atomic mass is 16.6. The van der Waals surface area contributed by atoms with Crippen molar-refractivity contribution in [3.8, 4) is 0 Å². The van der Waals surface area contributed by atoms with E-state index in [1.807, 2.05) is 20.8 Å². The number of oxime groups is 1. The Morgan fingerprint density at radius 1 is 1.43 bits per heavy atom. The lowest BCUT2D eigenvalue weighted by Gasteiger charge is -1.98. The van der Waals surface area contributed by atoms with E-state index in [4.69, 9.17) is 5.11 Å². The van der Waals surface area contributed by atoms with E-state index in [0.29, 0.717) is 0 Å². The maximum Gasteiger partial charge on any atom is 0.344 e. The number of carboxylic acids is 1. The highest BCUT2D eigenvalue weighted by Gasteiger charge is 1.95. The molecule has 0 heterocycles. The summed E-state index contributed by atoms with van der Waals surface area (Å²) in [6.07, 6.45) is 3.81. The summed E-state index contributed by atoms with van der Waals surface area (Å²) in [5, 5.41) is 11.9. The first kappa shape index (κ1) is 12.7. The molecule has 0 aromatic heterocycles. The number of aliphatic carboxylic acids is 1. The van der Waals surface area contributed by atoms with Gasteiger partial charge >= 0.3 is 5.97 Å². The average molecular weight is 199 g/mol. The van der Waals surface area contributed by atoms with Crippen LogP contribution < -0.4 is 0 Å². The van der Waals surface area contributed by atoms with Crippen LogP contribution in [0.2, 0.25) is 0 Å². The van der Waals surface area contributed by atoms with E-state index in [9.17, 15) is 4.79 Å². The van der Waals surface area contributed by atoms with E-state index < -0.39 is 5.97 Å². The second kappa shape index (κ2) is 7.12. The molecule has 0 saturated heterocycles. The number of nitrogens with zero attached hydrogens (tertiary/aromatic N) is 1. The fourth-order valence-corrected chi connectivity index (χ4v) is 0.813. The maximum absolute atomic E-state index is 10.1. The van der Waals surface area contributed by atoms with Crippen molar-refractivity contribution in [1.29, 1.82) is 0 Å². The Bertz CT molecular complexity index is 240. The number of hydrogen-bond acceptors (Lipinski definition) is 3. The summed E-state index contributed by atoms with van der Waals surface area (Å²) < 4.78 is 0. The number of carbonyl (C=O) groups is 1. The van der Waals surface area contributed by atoms with Gasteiger partial charge in [-0.25, -0.2) is 4.79 Å². The topological polar surface area (TPSA) is 58.9 Å². The molecule has 0 radical (unpaired) electrons. The van der Waals surface area contributed by atoms with Crippen LogP contribution in [0.4, 0.5) is 0 Å². The molecule has 0 aromatic rings. The van der Waals surface area contributed by atoms with Gasteiger partial charge < -0.3 is 9.94 Å². The first-order chi connectivity index (χ1) is 6.52. The van der Waals surface area contributed by atoms with E-state index in [0.717, 1.165) is 18.6 Å². The third-order valence-corrected chi connectivity index (χ3v) is 1.47.